The number of para-hydroxylation sites is 2. The normalized spacial score (nSPS) is 13.2. The maximum atomic E-state index is 12.7. The summed E-state index contributed by atoms with van der Waals surface area (Å²) in [5.74, 6) is 0.0371. The Morgan fingerprint density at radius 3 is 2.69 bits per heavy atom. The van der Waals surface area contributed by atoms with Gasteiger partial charge in [-0.2, -0.15) is 0 Å². The molecule has 2 N–H and O–H groups in total. The molecular formula is C18H21N5O3. The number of hydrogen-bond donors (Lipinski definition) is 2. The molecule has 0 bridgehead atoms. The number of H-pyrrole nitrogens is 1. The van der Waals surface area contributed by atoms with Crippen molar-refractivity contribution in [1.29, 1.82) is 0 Å². The van der Waals surface area contributed by atoms with E-state index in [1.807, 2.05) is 6.07 Å². The Morgan fingerprint density at radius 2 is 2.00 bits per heavy atom. The summed E-state index contributed by atoms with van der Waals surface area (Å²) in [6, 6.07) is 7.16. The lowest BCUT2D eigenvalue weighted by Gasteiger charge is -2.29. The van der Waals surface area contributed by atoms with Crippen LogP contribution >= 0.6 is 0 Å². The number of rotatable bonds is 4. The van der Waals surface area contributed by atoms with Crippen molar-refractivity contribution in [2.75, 3.05) is 35.8 Å². The van der Waals surface area contributed by atoms with Gasteiger partial charge < -0.3 is 15.1 Å². The third kappa shape index (κ3) is 3.44. The number of anilines is 3. The molecule has 136 valence electrons. The van der Waals surface area contributed by atoms with Crippen molar-refractivity contribution in [2.45, 2.75) is 19.8 Å². The number of aryl methyl sites for hydroxylation is 1. The molecule has 1 aromatic heterocycles. The van der Waals surface area contributed by atoms with E-state index >= 15 is 0 Å². The molecular weight excluding hydrogens is 334 g/mol. The summed E-state index contributed by atoms with van der Waals surface area (Å²) >= 11 is 0. The lowest BCUT2D eigenvalue weighted by Crippen LogP contribution is -2.42. The molecule has 0 radical (unpaired) electrons. The first kappa shape index (κ1) is 17.7. The zero-order chi connectivity index (χ0) is 18.8. The number of nitrogens with one attached hydrogen (secondary N) is 2. The molecule has 0 unspecified atom stereocenters. The van der Waals surface area contributed by atoms with Gasteiger partial charge in [-0.1, -0.05) is 12.1 Å². The lowest BCUT2D eigenvalue weighted by molar-refractivity contribution is -0.121. The van der Waals surface area contributed by atoms with Crippen LogP contribution in [0.5, 0.6) is 0 Å². The summed E-state index contributed by atoms with van der Waals surface area (Å²) < 4.78 is 0. The van der Waals surface area contributed by atoms with Crippen LogP contribution in [0.15, 0.2) is 29.1 Å². The minimum absolute atomic E-state index is 0.0248. The minimum atomic E-state index is -0.245. The number of carbonyl (C=O) groups is 2. The van der Waals surface area contributed by atoms with Crippen LogP contribution in [0.4, 0.5) is 17.3 Å². The number of benzene rings is 1. The fourth-order valence-electron chi connectivity index (χ4n) is 2.92. The highest BCUT2D eigenvalue weighted by molar-refractivity contribution is 6.09. The van der Waals surface area contributed by atoms with Gasteiger partial charge in [-0.3, -0.25) is 19.4 Å². The van der Waals surface area contributed by atoms with Gasteiger partial charge in [0.15, 0.2) is 0 Å². The second kappa shape index (κ2) is 6.99. The predicted molar refractivity (Wildman–Crippen MR) is 99.7 cm³/mol. The van der Waals surface area contributed by atoms with Crippen molar-refractivity contribution in [1.82, 2.24) is 9.97 Å². The van der Waals surface area contributed by atoms with Gasteiger partial charge in [-0.25, -0.2) is 4.98 Å². The van der Waals surface area contributed by atoms with Crippen LogP contribution in [0.1, 0.15) is 17.7 Å². The van der Waals surface area contributed by atoms with Crippen LogP contribution in [-0.4, -0.2) is 42.4 Å². The molecule has 0 aliphatic carbocycles. The van der Waals surface area contributed by atoms with Gasteiger partial charge in [0.05, 0.1) is 11.4 Å². The van der Waals surface area contributed by atoms with E-state index in [0.717, 1.165) is 0 Å². The number of amides is 2. The summed E-state index contributed by atoms with van der Waals surface area (Å²) in [5.41, 5.74) is 2.12. The number of fused-ring (bicyclic) bond motifs is 1. The molecule has 26 heavy (non-hydrogen) atoms. The van der Waals surface area contributed by atoms with Gasteiger partial charge in [0.1, 0.15) is 6.54 Å². The monoisotopic (exact) mass is 355 g/mol. The summed E-state index contributed by atoms with van der Waals surface area (Å²) in [5, 5.41) is 2.75. The van der Waals surface area contributed by atoms with E-state index in [1.54, 1.807) is 44.1 Å². The fourth-order valence-corrected chi connectivity index (χ4v) is 2.92. The molecule has 3 rings (SSSR count). The molecule has 8 heteroatoms. The molecule has 1 aliphatic heterocycles. The summed E-state index contributed by atoms with van der Waals surface area (Å²) in [6.07, 6.45) is 0.384. The molecule has 0 atom stereocenters. The van der Waals surface area contributed by atoms with Gasteiger partial charge in [0.25, 0.3) is 5.56 Å². The van der Waals surface area contributed by atoms with Gasteiger partial charge in [0.2, 0.25) is 17.8 Å². The highest BCUT2D eigenvalue weighted by Gasteiger charge is 2.26. The van der Waals surface area contributed by atoms with E-state index in [2.05, 4.69) is 15.3 Å². The van der Waals surface area contributed by atoms with Crippen LogP contribution in [-0.2, 0) is 16.0 Å². The first-order valence-electron chi connectivity index (χ1n) is 8.33. The predicted octanol–water partition coefficient (Wildman–Crippen LogP) is 1.06. The largest absolute Gasteiger partial charge is 0.348 e. The molecule has 1 aromatic carbocycles. The molecule has 2 aromatic rings. The van der Waals surface area contributed by atoms with E-state index in [4.69, 9.17) is 0 Å². The van der Waals surface area contributed by atoms with Crippen molar-refractivity contribution in [3.8, 4) is 0 Å². The van der Waals surface area contributed by atoms with E-state index in [0.29, 0.717) is 28.6 Å². The van der Waals surface area contributed by atoms with Crippen LogP contribution in [0, 0.1) is 6.92 Å². The van der Waals surface area contributed by atoms with E-state index in [-0.39, 0.29) is 36.8 Å². The molecule has 0 saturated carbocycles. The molecule has 1 aliphatic rings. The molecule has 0 spiro atoms. The summed E-state index contributed by atoms with van der Waals surface area (Å²) in [7, 11) is 3.58. The number of hydrogen-bond acceptors (Lipinski definition) is 5. The number of nitrogens with zero attached hydrogens (tertiary/aromatic N) is 3. The average Bonchev–Trinajstić information content (AvgIpc) is 2.59. The zero-order valence-electron chi connectivity index (χ0n) is 15.0. The first-order chi connectivity index (χ1) is 12.4. The zero-order valence-corrected chi connectivity index (χ0v) is 15.0. The third-order valence-corrected chi connectivity index (χ3v) is 4.29. The van der Waals surface area contributed by atoms with E-state index < -0.39 is 0 Å². The van der Waals surface area contributed by atoms with Crippen molar-refractivity contribution < 1.29 is 9.59 Å². The molecule has 2 heterocycles. The second-order valence-electron chi connectivity index (χ2n) is 6.39. The van der Waals surface area contributed by atoms with Gasteiger partial charge >= 0.3 is 0 Å². The molecule has 8 nitrogen and oxygen atoms in total. The Kier molecular flexibility index (Phi) is 4.75. The van der Waals surface area contributed by atoms with Crippen molar-refractivity contribution >= 4 is 29.1 Å². The van der Waals surface area contributed by atoms with Crippen LogP contribution in [0.25, 0.3) is 0 Å². The summed E-state index contributed by atoms with van der Waals surface area (Å²) in [6.45, 7) is 1.73. The lowest BCUT2D eigenvalue weighted by atomic mass is 10.1. The first-order valence-corrected chi connectivity index (χ1v) is 8.33. The van der Waals surface area contributed by atoms with Crippen LogP contribution in [0.2, 0.25) is 0 Å². The number of carbonyl (C=O) groups excluding carboxylic acids is 2. The molecule has 2 amide bonds. The topological polar surface area (TPSA) is 98.4 Å². The summed E-state index contributed by atoms with van der Waals surface area (Å²) in [4.78, 5) is 47.1. The highest BCUT2D eigenvalue weighted by atomic mass is 16.2. The van der Waals surface area contributed by atoms with Crippen molar-refractivity contribution in [3.05, 3.63) is 45.9 Å². The Morgan fingerprint density at radius 1 is 1.27 bits per heavy atom. The average molecular weight is 355 g/mol. The van der Waals surface area contributed by atoms with E-state index in [9.17, 15) is 14.4 Å². The van der Waals surface area contributed by atoms with Crippen molar-refractivity contribution in [3.63, 3.8) is 0 Å². The SMILES string of the molecule is Cc1nc(N(C)C)[nH]c(=O)c1CCC(=O)N1CC(=O)Nc2ccccc21. The maximum Gasteiger partial charge on any atom is 0.255 e. The third-order valence-electron chi connectivity index (χ3n) is 4.29. The quantitative estimate of drug-likeness (QED) is 0.855. The van der Waals surface area contributed by atoms with Crippen LogP contribution in [0.3, 0.4) is 0 Å². The van der Waals surface area contributed by atoms with Gasteiger partial charge in [-0.15, -0.1) is 0 Å². The fraction of sp³-hybridized carbons (Fsp3) is 0.333. The minimum Gasteiger partial charge on any atom is -0.348 e. The number of aromatic amines is 1. The van der Waals surface area contributed by atoms with Gasteiger partial charge in [-0.05, 0) is 25.5 Å². The molecule has 0 fully saturated rings. The molecule has 0 saturated heterocycles. The Balaban J connectivity index is 1.78. The maximum absolute atomic E-state index is 12.7. The highest BCUT2D eigenvalue weighted by Crippen LogP contribution is 2.29. The standard InChI is InChI=1S/C18H21N5O3/c1-11-12(17(26)21-18(19-11)22(2)3)8-9-16(25)23-10-15(24)20-13-6-4-5-7-14(13)23/h4-7H,8-10H2,1-3H3,(H,20,24)(H,19,21,26). The Bertz CT molecular complexity index is 919. The van der Waals surface area contributed by atoms with E-state index in [1.165, 1.54) is 4.90 Å². The van der Waals surface area contributed by atoms with Gasteiger partial charge in [0, 0.05) is 31.8 Å². The number of aromatic nitrogens is 2. The second-order valence-corrected chi connectivity index (χ2v) is 6.39. The van der Waals surface area contributed by atoms with Crippen molar-refractivity contribution in [2.24, 2.45) is 0 Å². The Hall–Kier alpha value is -3.16. The Labute approximate surface area is 150 Å². The smallest absolute Gasteiger partial charge is 0.255 e. The van der Waals surface area contributed by atoms with Crippen LogP contribution < -0.4 is 20.7 Å².